The number of hydrogen-bond donors (Lipinski definition) is 0. The van der Waals surface area contributed by atoms with E-state index in [1.54, 1.807) is 0 Å². The number of carbonyl (C=O) groups is 1. The second-order valence-corrected chi connectivity index (χ2v) is 5.34. The topological polar surface area (TPSA) is 26.3 Å². The van der Waals surface area contributed by atoms with Crippen LogP contribution in [0, 0.1) is 3.57 Å². The minimum atomic E-state index is 0.0482. The van der Waals surface area contributed by atoms with Crippen LogP contribution in [0.5, 0.6) is 5.75 Å². The average molecular weight is 366 g/mol. The van der Waals surface area contributed by atoms with Gasteiger partial charge in [0, 0.05) is 14.7 Å². The van der Waals surface area contributed by atoms with E-state index in [1.165, 1.54) is 0 Å². The molecule has 2 aromatic carbocycles. The molecule has 19 heavy (non-hydrogen) atoms. The number of hydrogen-bond acceptors (Lipinski definition) is 2. The molecular weight excluding hydrogens is 351 g/mol. The van der Waals surface area contributed by atoms with Gasteiger partial charge in [0.05, 0.1) is 6.61 Å². The lowest BCUT2D eigenvalue weighted by atomic mass is 10.0. The SMILES string of the molecule is CCCOc1ccc(C(=O)c2ccccc2I)cc1. The fourth-order valence-corrected chi connectivity index (χ4v) is 2.36. The third kappa shape index (κ3) is 3.56. The van der Waals surface area contributed by atoms with E-state index in [9.17, 15) is 4.79 Å². The van der Waals surface area contributed by atoms with Gasteiger partial charge in [0.25, 0.3) is 0 Å². The summed E-state index contributed by atoms with van der Waals surface area (Å²) in [4.78, 5) is 12.3. The van der Waals surface area contributed by atoms with Crippen LogP contribution in [0.25, 0.3) is 0 Å². The highest BCUT2D eigenvalue weighted by molar-refractivity contribution is 14.1. The molecule has 0 heterocycles. The van der Waals surface area contributed by atoms with Gasteiger partial charge in [0.2, 0.25) is 0 Å². The van der Waals surface area contributed by atoms with Crippen molar-refractivity contribution in [2.75, 3.05) is 6.61 Å². The third-order valence-electron chi connectivity index (χ3n) is 2.71. The van der Waals surface area contributed by atoms with Crippen molar-refractivity contribution >= 4 is 28.4 Å². The summed E-state index contributed by atoms with van der Waals surface area (Å²) in [6, 6.07) is 14.9. The summed E-state index contributed by atoms with van der Waals surface area (Å²) in [7, 11) is 0. The summed E-state index contributed by atoms with van der Waals surface area (Å²) in [6.07, 6.45) is 0.975. The molecule has 0 aromatic heterocycles. The van der Waals surface area contributed by atoms with Gasteiger partial charge >= 0.3 is 0 Å². The number of halogens is 1. The van der Waals surface area contributed by atoms with Crippen LogP contribution in [-0.2, 0) is 0 Å². The highest BCUT2D eigenvalue weighted by atomic mass is 127. The minimum Gasteiger partial charge on any atom is -0.494 e. The van der Waals surface area contributed by atoms with Gasteiger partial charge in [-0.2, -0.15) is 0 Å². The number of carbonyl (C=O) groups excluding carboxylic acids is 1. The Morgan fingerprint density at radius 1 is 1.11 bits per heavy atom. The molecule has 0 spiro atoms. The molecule has 0 atom stereocenters. The molecular formula is C16H15IO2. The molecule has 98 valence electrons. The Labute approximate surface area is 126 Å². The smallest absolute Gasteiger partial charge is 0.194 e. The molecule has 0 aliphatic heterocycles. The second-order valence-electron chi connectivity index (χ2n) is 4.18. The first-order chi connectivity index (χ1) is 9.22. The van der Waals surface area contributed by atoms with E-state index in [-0.39, 0.29) is 5.78 Å². The summed E-state index contributed by atoms with van der Waals surface area (Å²) in [6.45, 7) is 2.76. The third-order valence-corrected chi connectivity index (χ3v) is 3.65. The molecule has 0 saturated carbocycles. The van der Waals surface area contributed by atoms with E-state index in [2.05, 4.69) is 29.5 Å². The van der Waals surface area contributed by atoms with E-state index >= 15 is 0 Å². The van der Waals surface area contributed by atoms with Crippen molar-refractivity contribution in [1.82, 2.24) is 0 Å². The van der Waals surface area contributed by atoms with Gasteiger partial charge in [-0.15, -0.1) is 0 Å². The van der Waals surface area contributed by atoms with Crippen LogP contribution < -0.4 is 4.74 Å². The molecule has 0 unspecified atom stereocenters. The Kier molecular flexibility index (Phi) is 4.96. The maximum Gasteiger partial charge on any atom is 0.194 e. The highest BCUT2D eigenvalue weighted by Gasteiger charge is 2.11. The van der Waals surface area contributed by atoms with Crippen molar-refractivity contribution in [3.63, 3.8) is 0 Å². The predicted octanol–water partition coefficient (Wildman–Crippen LogP) is 4.31. The zero-order chi connectivity index (χ0) is 13.7. The zero-order valence-corrected chi connectivity index (χ0v) is 12.9. The zero-order valence-electron chi connectivity index (χ0n) is 10.7. The standard InChI is InChI=1S/C16H15IO2/c1-2-11-19-13-9-7-12(8-10-13)16(18)14-5-3-4-6-15(14)17/h3-10H,2,11H2,1H3. The average Bonchev–Trinajstić information content (AvgIpc) is 2.45. The summed E-state index contributed by atoms with van der Waals surface area (Å²) < 4.78 is 6.48. The number of benzene rings is 2. The lowest BCUT2D eigenvalue weighted by molar-refractivity contribution is 0.103. The molecule has 2 aromatic rings. The van der Waals surface area contributed by atoms with Gasteiger partial charge < -0.3 is 4.74 Å². The van der Waals surface area contributed by atoms with Crippen molar-refractivity contribution in [1.29, 1.82) is 0 Å². The van der Waals surface area contributed by atoms with Crippen LogP contribution in [0.4, 0.5) is 0 Å². The Bertz CT molecular complexity index is 561. The van der Waals surface area contributed by atoms with Gasteiger partial charge in [0.1, 0.15) is 5.75 Å². The summed E-state index contributed by atoms with van der Waals surface area (Å²) in [5, 5.41) is 0. The highest BCUT2D eigenvalue weighted by Crippen LogP contribution is 2.19. The number of ketones is 1. The molecule has 0 N–H and O–H groups in total. The normalized spacial score (nSPS) is 10.2. The fourth-order valence-electron chi connectivity index (χ4n) is 1.72. The largest absolute Gasteiger partial charge is 0.494 e. The summed E-state index contributed by atoms with van der Waals surface area (Å²) in [5.41, 5.74) is 1.43. The van der Waals surface area contributed by atoms with Crippen molar-refractivity contribution < 1.29 is 9.53 Å². The van der Waals surface area contributed by atoms with Crippen LogP contribution in [0.15, 0.2) is 48.5 Å². The van der Waals surface area contributed by atoms with E-state index < -0.39 is 0 Å². The molecule has 2 rings (SSSR count). The van der Waals surface area contributed by atoms with Crippen molar-refractivity contribution in [2.24, 2.45) is 0 Å². The Morgan fingerprint density at radius 2 is 1.79 bits per heavy atom. The maximum atomic E-state index is 12.3. The number of rotatable bonds is 5. The van der Waals surface area contributed by atoms with E-state index in [4.69, 9.17) is 4.74 Å². The Hall–Kier alpha value is -1.36. The molecule has 2 nitrogen and oxygen atoms in total. The Balaban J connectivity index is 2.18. The van der Waals surface area contributed by atoms with Crippen LogP contribution >= 0.6 is 22.6 Å². The van der Waals surface area contributed by atoms with Crippen LogP contribution in [-0.4, -0.2) is 12.4 Å². The molecule has 0 amide bonds. The van der Waals surface area contributed by atoms with Crippen LogP contribution in [0.3, 0.4) is 0 Å². The monoisotopic (exact) mass is 366 g/mol. The van der Waals surface area contributed by atoms with Gasteiger partial charge in [-0.25, -0.2) is 0 Å². The first-order valence-electron chi connectivity index (χ1n) is 6.24. The Morgan fingerprint density at radius 3 is 2.42 bits per heavy atom. The molecule has 0 fully saturated rings. The van der Waals surface area contributed by atoms with Gasteiger partial charge in [-0.3, -0.25) is 4.79 Å². The first kappa shape index (κ1) is 14.1. The van der Waals surface area contributed by atoms with Crippen LogP contribution in [0.1, 0.15) is 29.3 Å². The van der Waals surface area contributed by atoms with Crippen molar-refractivity contribution in [2.45, 2.75) is 13.3 Å². The van der Waals surface area contributed by atoms with E-state index in [0.29, 0.717) is 12.2 Å². The predicted molar refractivity (Wildman–Crippen MR) is 84.8 cm³/mol. The van der Waals surface area contributed by atoms with Gasteiger partial charge in [-0.1, -0.05) is 19.1 Å². The van der Waals surface area contributed by atoms with E-state index in [0.717, 1.165) is 21.3 Å². The quantitative estimate of drug-likeness (QED) is 0.582. The second kappa shape index (κ2) is 6.70. The molecule has 3 heteroatoms. The molecule has 0 aliphatic rings. The van der Waals surface area contributed by atoms with Crippen LogP contribution in [0.2, 0.25) is 0 Å². The fraction of sp³-hybridized carbons (Fsp3) is 0.188. The molecule has 0 aliphatic carbocycles. The van der Waals surface area contributed by atoms with Crippen molar-refractivity contribution in [3.8, 4) is 5.75 Å². The molecule has 0 radical (unpaired) electrons. The lowest BCUT2D eigenvalue weighted by Crippen LogP contribution is -2.03. The lowest BCUT2D eigenvalue weighted by Gasteiger charge is -2.06. The van der Waals surface area contributed by atoms with Gasteiger partial charge in [0.15, 0.2) is 5.78 Å². The van der Waals surface area contributed by atoms with Crippen molar-refractivity contribution in [3.05, 3.63) is 63.2 Å². The molecule has 0 bridgehead atoms. The van der Waals surface area contributed by atoms with Gasteiger partial charge in [-0.05, 0) is 65.4 Å². The molecule has 0 saturated heterocycles. The number of ether oxygens (including phenoxy) is 1. The first-order valence-corrected chi connectivity index (χ1v) is 7.32. The summed E-state index contributed by atoms with van der Waals surface area (Å²) in [5.74, 6) is 0.855. The van der Waals surface area contributed by atoms with E-state index in [1.807, 2.05) is 48.5 Å². The maximum absolute atomic E-state index is 12.3. The minimum absolute atomic E-state index is 0.0482. The summed E-state index contributed by atoms with van der Waals surface area (Å²) >= 11 is 2.18.